The number of anilines is 1. The van der Waals surface area contributed by atoms with E-state index in [0.29, 0.717) is 0 Å². The molecule has 1 aromatic heterocycles. The van der Waals surface area contributed by atoms with Crippen LogP contribution in [0, 0.1) is 0 Å². The van der Waals surface area contributed by atoms with E-state index in [4.69, 9.17) is 4.74 Å². The molecule has 1 heterocycles. The second-order valence-corrected chi connectivity index (χ2v) is 4.18. The molecule has 0 spiro atoms. The molecule has 0 saturated carbocycles. The van der Waals surface area contributed by atoms with Gasteiger partial charge in [-0.05, 0) is 48.5 Å². The van der Waals surface area contributed by atoms with Crippen molar-refractivity contribution in [2.75, 3.05) is 12.4 Å². The Hall–Kier alpha value is -1.95. The molecule has 0 aliphatic rings. The largest absolute Gasteiger partial charge is 0.380 e. The van der Waals surface area contributed by atoms with Gasteiger partial charge in [-0.3, -0.25) is 0 Å². The van der Waals surface area contributed by atoms with E-state index in [1.54, 1.807) is 18.1 Å². The highest BCUT2D eigenvalue weighted by molar-refractivity contribution is 5.49. The molecule has 2 atom stereocenters. The van der Waals surface area contributed by atoms with Crippen LogP contribution in [0.4, 0.5) is 5.69 Å². The number of ether oxygens (including phenoxy) is 1. The smallest absolute Gasteiger partial charge is 0.143 e. The second kappa shape index (κ2) is 5.59. The standard InChI is InChI=1S/C12H17N5O/c1-9(10(2)18-3)14-11-4-6-12(7-5-11)17-8-13-15-16-17/h4-10,14H,1-3H3. The van der Waals surface area contributed by atoms with Crippen LogP contribution >= 0.6 is 0 Å². The highest BCUT2D eigenvalue weighted by Crippen LogP contribution is 2.14. The van der Waals surface area contributed by atoms with Crippen LogP contribution in [0.1, 0.15) is 13.8 Å². The number of benzene rings is 1. The number of aromatic nitrogens is 4. The SMILES string of the molecule is COC(C)C(C)Nc1ccc(-n2cnnn2)cc1. The third-order valence-corrected chi connectivity index (χ3v) is 2.95. The molecule has 2 rings (SSSR count). The fraction of sp³-hybridized carbons (Fsp3) is 0.417. The number of tetrazole rings is 1. The monoisotopic (exact) mass is 247 g/mol. The zero-order valence-electron chi connectivity index (χ0n) is 10.7. The van der Waals surface area contributed by atoms with Gasteiger partial charge in [0.05, 0.1) is 11.8 Å². The molecule has 0 bridgehead atoms. The molecule has 0 aliphatic carbocycles. The Balaban J connectivity index is 2.04. The first-order valence-corrected chi connectivity index (χ1v) is 5.83. The van der Waals surface area contributed by atoms with Gasteiger partial charge in [-0.25, -0.2) is 4.68 Å². The van der Waals surface area contributed by atoms with Crippen LogP contribution in [-0.4, -0.2) is 39.5 Å². The van der Waals surface area contributed by atoms with Gasteiger partial charge in [0, 0.05) is 18.8 Å². The summed E-state index contributed by atoms with van der Waals surface area (Å²) < 4.78 is 6.89. The van der Waals surface area contributed by atoms with Crippen LogP contribution in [0.15, 0.2) is 30.6 Å². The van der Waals surface area contributed by atoms with Gasteiger partial charge in [-0.1, -0.05) is 0 Å². The number of nitrogens with zero attached hydrogens (tertiary/aromatic N) is 4. The van der Waals surface area contributed by atoms with Crippen molar-refractivity contribution in [3.63, 3.8) is 0 Å². The van der Waals surface area contributed by atoms with Crippen LogP contribution in [0.5, 0.6) is 0 Å². The van der Waals surface area contributed by atoms with Gasteiger partial charge in [0.1, 0.15) is 6.33 Å². The summed E-state index contributed by atoms with van der Waals surface area (Å²) in [6.07, 6.45) is 1.72. The summed E-state index contributed by atoms with van der Waals surface area (Å²) in [6, 6.07) is 8.16. The van der Waals surface area contributed by atoms with Crippen molar-refractivity contribution in [3.8, 4) is 5.69 Å². The molecule has 96 valence electrons. The van der Waals surface area contributed by atoms with Crippen molar-refractivity contribution in [2.24, 2.45) is 0 Å². The van der Waals surface area contributed by atoms with Gasteiger partial charge in [-0.15, -0.1) is 5.10 Å². The van der Waals surface area contributed by atoms with E-state index in [-0.39, 0.29) is 12.1 Å². The summed E-state index contributed by atoms with van der Waals surface area (Å²) in [4.78, 5) is 0. The molecule has 18 heavy (non-hydrogen) atoms. The maximum Gasteiger partial charge on any atom is 0.143 e. The summed E-state index contributed by atoms with van der Waals surface area (Å²) in [5.74, 6) is 0. The molecule has 0 aliphatic heterocycles. The van der Waals surface area contributed by atoms with Crippen molar-refractivity contribution in [2.45, 2.75) is 26.0 Å². The van der Waals surface area contributed by atoms with Crippen LogP contribution in [0.3, 0.4) is 0 Å². The third kappa shape index (κ3) is 2.84. The number of hydrogen-bond acceptors (Lipinski definition) is 5. The lowest BCUT2D eigenvalue weighted by Gasteiger charge is -2.21. The van der Waals surface area contributed by atoms with Crippen LogP contribution in [0.2, 0.25) is 0 Å². The van der Waals surface area contributed by atoms with Gasteiger partial charge in [-0.2, -0.15) is 0 Å². The van der Waals surface area contributed by atoms with Crippen LogP contribution < -0.4 is 5.32 Å². The summed E-state index contributed by atoms with van der Waals surface area (Å²) >= 11 is 0. The first-order chi connectivity index (χ1) is 8.70. The topological polar surface area (TPSA) is 64.9 Å². The number of hydrogen-bond donors (Lipinski definition) is 1. The molecule has 1 aromatic carbocycles. The van der Waals surface area contributed by atoms with E-state index in [9.17, 15) is 0 Å². The maximum absolute atomic E-state index is 5.27. The number of nitrogens with one attached hydrogen (secondary N) is 1. The van der Waals surface area contributed by atoms with E-state index < -0.39 is 0 Å². The molecule has 0 fully saturated rings. The molecule has 6 nitrogen and oxygen atoms in total. The van der Waals surface area contributed by atoms with Crippen LogP contribution in [-0.2, 0) is 4.74 Å². The van der Waals surface area contributed by atoms with Gasteiger partial charge in [0.15, 0.2) is 0 Å². The predicted octanol–water partition coefficient (Wildman–Crippen LogP) is 1.50. The highest BCUT2D eigenvalue weighted by atomic mass is 16.5. The Morgan fingerprint density at radius 1 is 1.22 bits per heavy atom. The molecular weight excluding hydrogens is 230 g/mol. The zero-order valence-corrected chi connectivity index (χ0v) is 10.7. The molecule has 6 heteroatoms. The fourth-order valence-corrected chi connectivity index (χ4v) is 1.57. The molecule has 2 aromatic rings. The summed E-state index contributed by atoms with van der Waals surface area (Å²) in [7, 11) is 1.71. The molecular formula is C12H17N5O. The van der Waals surface area contributed by atoms with Gasteiger partial charge in [0.2, 0.25) is 0 Å². The van der Waals surface area contributed by atoms with E-state index in [1.165, 1.54) is 0 Å². The van der Waals surface area contributed by atoms with E-state index in [2.05, 4.69) is 27.8 Å². The van der Waals surface area contributed by atoms with Crippen molar-refractivity contribution >= 4 is 5.69 Å². The van der Waals surface area contributed by atoms with Gasteiger partial charge >= 0.3 is 0 Å². The first kappa shape index (κ1) is 12.5. The minimum absolute atomic E-state index is 0.157. The van der Waals surface area contributed by atoms with Crippen molar-refractivity contribution in [1.82, 2.24) is 20.2 Å². The minimum Gasteiger partial charge on any atom is -0.380 e. The molecule has 1 N–H and O–H groups in total. The highest BCUT2D eigenvalue weighted by Gasteiger charge is 2.10. The molecule has 0 radical (unpaired) electrons. The lowest BCUT2D eigenvalue weighted by molar-refractivity contribution is 0.106. The lowest BCUT2D eigenvalue weighted by Crippen LogP contribution is -2.29. The Bertz CT molecular complexity index is 468. The van der Waals surface area contributed by atoms with Crippen molar-refractivity contribution < 1.29 is 4.74 Å². The van der Waals surface area contributed by atoms with Gasteiger partial charge < -0.3 is 10.1 Å². The van der Waals surface area contributed by atoms with Crippen LogP contribution in [0.25, 0.3) is 5.69 Å². The number of methoxy groups -OCH3 is 1. The maximum atomic E-state index is 5.27. The third-order valence-electron chi connectivity index (χ3n) is 2.95. The molecule has 0 saturated heterocycles. The summed E-state index contributed by atoms with van der Waals surface area (Å²) in [6.45, 7) is 4.12. The first-order valence-electron chi connectivity index (χ1n) is 5.83. The molecule has 0 amide bonds. The fourth-order valence-electron chi connectivity index (χ4n) is 1.57. The Morgan fingerprint density at radius 2 is 1.94 bits per heavy atom. The number of rotatable bonds is 5. The van der Waals surface area contributed by atoms with Gasteiger partial charge in [0.25, 0.3) is 0 Å². The van der Waals surface area contributed by atoms with E-state index in [0.717, 1.165) is 11.4 Å². The Labute approximate surface area is 106 Å². The van der Waals surface area contributed by atoms with Crippen molar-refractivity contribution in [3.05, 3.63) is 30.6 Å². The van der Waals surface area contributed by atoms with Crippen molar-refractivity contribution in [1.29, 1.82) is 0 Å². The zero-order chi connectivity index (χ0) is 13.0. The Morgan fingerprint density at radius 3 is 2.50 bits per heavy atom. The predicted molar refractivity (Wildman–Crippen MR) is 68.7 cm³/mol. The van der Waals surface area contributed by atoms with E-state index in [1.807, 2.05) is 31.2 Å². The minimum atomic E-state index is 0.157. The lowest BCUT2D eigenvalue weighted by atomic mass is 10.2. The average molecular weight is 247 g/mol. The van der Waals surface area contributed by atoms with E-state index >= 15 is 0 Å². The summed E-state index contributed by atoms with van der Waals surface area (Å²) in [5, 5.41) is 14.4. The normalized spacial score (nSPS) is 14.2. The molecule has 2 unspecified atom stereocenters. The summed E-state index contributed by atoms with van der Waals surface area (Å²) in [5.41, 5.74) is 1.97. The quantitative estimate of drug-likeness (QED) is 0.867. The Kier molecular flexibility index (Phi) is 3.88. The average Bonchev–Trinajstić information content (AvgIpc) is 2.92. The second-order valence-electron chi connectivity index (χ2n) is 4.18.